The van der Waals surface area contributed by atoms with E-state index in [1.165, 1.54) is 19.3 Å². The van der Waals surface area contributed by atoms with Crippen molar-refractivity contribution in [3.63, 3.8) is 0 Å². The van der Waals surface area contributed by atoms with E-state index in [9.17, 15) is 14.4 Å². The molecule has 1 aliphatic heterocycles. The van der Waals surface area contributed by atoms with Crippen molar-refractivity contribution in [3.8, 4) is 0 Å². The second-order valence-corrected chi connectivity index (χ2v) is 24.7. The predicted molar refractivity (Wildman–Crippen MR) is 195 cm³/mol. The first-order chi connectivity index (χ1) is 21.1. The fraction of sp³-hybridized carbons (Fsp3) is 0.917. The van der Waals surface area contributed by atoms with E-state index >= 15 is 0 Å². The van der Waals surface area contributed by atoms with Crippen LogP contribution in [0.1, 0.15) is 121 Å². The molecule has 0 bridgehead atoms. The van der Waals surface area contributed by atoms with Crippen LogP contribution in [0.4, 0.5) is 0 Å². The summed E-state index contributed by atoms with van der Waals surface area (Å²) < 4.78 is 26.9. The monoisotopic (exact) mass is 690 g/mol. The van der Waals surface area contributed by atoms with Crippen molar-refractivity contribution in [2.75, 3.05) is 26.4 Å². The van der Waals surface area contributed by atoms with Crippen molar-refractivity contribution in [1.29, 1.82) is 0 Å². The fourth-order valence-electron chi connectivity index (χ4n) is 3.96. The molecule has 0 aromatic rings. The van der Waals surface area contributed by atoms with Gasteiger partial charge in [-0.2, -0.15) is 0 Å². The van der Waals surface area contributed by atoms with Gasteiger partial charge in [-0.05, 0) is 104 Å². The summed E-state index contributed by atoms with van der Waals surface area (Å²) in [4.78, 5) is 34.6. The van der Waals surface area contributed by atoms with Gasteiger partial charge in [-0.1, -0.05) is 60.8 Å². The molecule has 1 aliphatic rings. The van der Waals surface area contributed by atoms with Crippen LogP contribution < -0.4 is 0 Å². The highest BCUT2D eigenvalue weighted by atomic mass is 28.4. The number of ether oxygens (including phenoxy) is 4. The Hall–Kier alpha value is -1.24. The number of epoxide rings is 1. The standard InChI is InChI=1S/C14H32O3Si2.C13H26O2.C9H16O3/c1-9-14(2,3)13(15)16-11-10-12-19(7,8)17-18(4,5)6;1-5-8-9-12(7-3)10-15-13(14)11(4)6-2;1-4-9(2,3)8(10)12-6-7-5-11-7/h9-12H2,1-8H3;11-12H,5-10H2,1-4H3;7H,4-6H2,1-3H3. The third kappa shape index (κ3) is 24.0. The molecule has 0 spiro atoms. The van der Waals surface area contributed by atoms with E-state index in [0.29, 0.717) is 25.7 Å². The predicted octanol–water partition coefficient (Wildman–Crippen LogP) is 9.57. The summed E-state index contributed by atoms with van der Waals surface area (Å²) in [6, 6.07) is 1.05. The molecule has 0 aliphatic carbocycles. The van der Waals surface area contributed by atoms with Gasteiger partial charge in [-0.3, -0.25) is 14.4 Å². The lowest BCUT2D eigenvalue weighted by Crippen LogP contribution is -2.42. The number of esters is 3. The van der Waals surface area contributed by atoms with Crippen molar-refractivity contribution in [2.24, 2.45) is 22.7 Å². The molecule has 3 unspecified atom stereocenters. The maximum atomic E-state index is 11.8. The number of hydrogen-bond acceptors (Lipinski definition) is 8. The summed E-state index contributed by atoms with van der Waals surface area (Å²) in [6.07, 6.45) is 8.30. The lowest BCUT2D eigenvalue weighted by Gasteiger charge is -2.31. The molecule has 0 amide bonds. The molecule has 274 valence electrons. The van der Waals surface area contributed by atoms with Crippen molar-refractivity contribution >= 4 is 34.5 Å². The summed E-state index contributed by atoms with van der Waals surface area (Å²) in [5.41, 5.74) is -0.712. The first kappa shape index (κ1) is 46.9. The molecule has 3 atom stereocenters. The van der Waals surface area contributed by atoms with Crippen LogP contribution in [-0.2, 0) is 37.4 Å². The molecule has 46 heavy (non-hydrogen) atoms. The van der Waals surface area contributed by atoms with E-state index in [2.05, 4.69) is 46.6 Å². The van der Waals surface area contributed by atoms with Gasteiger partial charge in [0, 0.05) is 0 Å². The number of carbonyl (C=O) groups excluding carboxylic acids is 3. The molecular weight excluding hydrogens is 617 g/mol. The molecule has 1 rings (SSSR count). The zero-order valence-corrected chi connectivity index (χ0v) is 34.7. The minimum atomic E-state index is -1.59. The van der Waals surface area contributed by atoms with Crippen molar-refractivity contribution in [2.45, 2.75) is 165 Å². The van der Waals surface area contributed by atoms with E-state index in [-0.39, 0.29) is 40.8 Å². The van der Waals surface area contributed by atoms with Gasteiger partial charge in [0.25, 0.3) is 0 Å². The smallest absolute Gasteiger partial charge is 0.311 e. The molecule has 1 saturated heterocycles. The maximum Gasteiger partial charge on any atom is 0.311 e. The molecule has 1 fully saturated rings. The highest BCUT2D eigenvalue weighted by molar-refractivity contribution is 6.84. The Morgan fingerprint density at radius 1 is 0.804 bits per heavy atom. The lowest BCUT2D eigenvalue weighted by molar-refractivity contribution is -0.155. The summed E-state index contributed by atoms with van der Waals surface area (Å²) in [5, 5.41) is 0. The Labute approximate surface area is 286 Å². The average molecular weight is 691 g/mol. The Morgan fingerprint density at radius 3 is 1.74 bits per heavy atom. The van der Waals surface area contributed by atoms with Gasteiger partial charge in [0.2, 0.25) is 0 Å². The minimum Gasteiger partial charge on any atom is -0.465 e. The van der Waals surface area contributed by atoms with Crippen LogP contribution in [0.3, 0.4) is 0 Å². The first-order valence-corrected chi connectivity index (χ1v) is 24.5. The largest absolute Gasteiger partial charge is 0.465 e. The van der Waals surface area contributed by atoms with Crippen LogP contribution in [0.25, 0.3) is 0 Å². The topological polar surface area (TPSA) is 101 Å². The summed E-state index contributed by atoms with van der Waals surface area (Å²) in [7, 11) is -3.05. The SMILES string of the molecule is CCC(C)(C)C(=O)OCC1CO1.CCC(C)(C)C(=O)OCCC[Si](C)(C)O[Si](C)(C)C.CCCCC(CC)COC(=O)C(C)CC. The maximum absolute atomic E-state index is 11.8. The number of unbranched alkanes of at least 4 members (excludes halogenated alkanes) is 1. The fourth-order valence-corrected chi connectivity index (χ4v) is 12.0. The highest BCUT2D eigenvalue weighted by Gasteiger charge is 2.31. The van der Waals surface area contributed by atoms with Gasteiger partial charge in [0.15, 0.2) is 16.6 Å². The summed E-state index contributed by atoms with van der Waals surface area (Å²) in [5.74, 6) is 0.361. The van der Waals surface area contributed by atoms with Crippen molar-refractivity contribution in [3.05, 3.63) is 0 Å². The van der Waals surface area contributed by atoms with E-state index in [0.717, 1.165) is 44.8 Å². The zero-order chi connectivity index (χ0) is 36.2. The van der Waals surface area contributed by atoms with Crippen molar-refractivity contribution in [1.82, 2.24) is 0 Å². The van der Waals surface area contributed by atoms with Gasteiger partial charge in [-0.15, -0.1) is 0 Å². The Morgan fingerprint density at radius 2 is 1.33 bits per heavy atom. The number of hydrogen-bond donors (Lipinski definition) is 0. The van der Waals surface area contributed by atoms with Gasteiger partial charge < -0.3 is 23.1 Å². The molecule has 0 saturated carbocycles. The number of rotatable bonds is 20. The first-order valence-electron chi connectivity index (χ1n) is 17.9. The third-order valence-corrected chi connectivity index (χ3v) is 14.7. The Bertz CT molecular complexity index is 847. The average Bonchev–Trinajstić information content (AvgIpc) is 3.81. The molecule has 0 radical (unpaired) electrons. The quantitative estimate of drug-likeness (QED) is 0.0409. The summed E-state index contributed by atoms with van der Waals surface area (Å²) in [6.45, 7) is 33.4. The van der Waals surface area contributed by atoms with E-state index in [1.807, 2.05) is 55.4 Å². The van der Waals surface area contributed by atoms with Gasteiger partial charge in [0.1, 0.15) is 12.7 Å². The minimum absolute atomic E-state index is 0.0348. The normalized spacial score (nSPS) is 16.1. The summed E-state index contributed by atoms with van der Waals surface area (Å²) >= 11 is 0. The molecule has 8 nitrogen and oxygen atoms in total. The molecule has 0 N–H and O–H groups in total. The van der Waals surface area contributed by atoms with Gasteiger partial charge in [0.05, 0.1) is 36.6 Å². The van der Waals surface area contributed by atoms with Gasteiger partial charge >= 0.3 is 17.9 Å². The van der Waals surface area contributed by atoms with Crippen LogP contribution in [0, 0.1) is 22.7 Å². The highest BCUT2D eigenvalue weighted by Crippen LogP contribution is 2.24. The van der Waals surface area contributed by atoms with Crippen LogP contribution >= 0.6 is 0 Å². The second kappa shape index (κ2) is 23.2. The van der Waals surface area contributed by atoms with Crippen molar-refractivity contribution < 1.29 is 37.4 Å². The molecule has 1 heterocycles. The van der Waals surface area contributed by atoms with E-state index < -0.39 is 16.6 Å². The van der Waals surface area contributed by atoms with Crippen LogP contribution in [0.15, 0.2) is 0 Å². The molecular formula is C36H74O8Si2. The van der Waals surface area contributed by atoms with Gasteiger partial charge in [-0.25, -0.2) is 0 Å². The zero-order valence-electron chi connectivity index (χ0n) is 32.7. The lowest BCUT2D eigenvalue weighted by atomic mass is 9.91. The number of carbonyl (C=O) groups is 3. The molecule has 0 aromatic carbocycles. The third-order valence-electron chi connectivity index (χ3n) is 8.43. The van der Waals surface area contributed by atoms with Crippen LogP contribution in [0.2, 0.25) is 38.8 Å². The molecule has 10 heteroatoms. The Balaban J connectivity index is 0. The van der Waals surface area contributed by atoms with E-state index in [4.69, 9.17) is 23.1 Å². The molecule has 0 aromatic heterocycles. The van der Waals surface area contributed by atoms with Crippen LogP contribution in [0.5, 0.6) is 0 Å². The van der Waals surface area contributed by atoms with E-state index in [1.54, 1.807) is 0 Å². The van der Waals surface area contributed by atoms with Crippen LogP contribution in [-0.4, -0.2) is 67.1 Å². The second-order valence-electron chi connectivity index (χ2n) is 15.6. The Kier molecular flexibility index (Phi) is 23.6.